The molecule has 0 saturated heterocycles. The van der Waals surface area contributed by atoms with Gasteiger partial charge in [-0.1, -0.05) is 24.3 Å². The van der Waals surface area contributed by atoms with Crippen molar-refractivity contribution in [1.29, 1.82) is 0 Å². The lowest BCUT2D eigenvalue weighted by atomic mass is 10.2. The molecule has 35 heavy (non-hydrogen) atoms. The maximum absolute atomic E-state index is 13.5. The Bertz CT molecular complexity index is 1560. The SMILES string of the molecule is Cc1c(N(C)S(=O)(=O)c2cccc(C(=O)Nc3ccc(I)cc3)c2)c(=O)n(-c2ccccc2)n1C. The minimum absolute atomic E-state index is 0.0325. The molecule has 1 amide bonds. The standard InChI is InChI=1S/C25H23IN4O4S/c1-17-23(25(32)30(28(17)2)21-9-5-4-6-10-21)29(3)35(33,34)22-11-7-8-18(16-22)24(31)27-20-14-12-19(26)13-15-20/h4-16H,1-3H3,(H,27,31). The zero-order valence-electron chi connectivity index (χ0n) is 19.3. The average Bonchev–Trinajstić information content (AvgIpc) is 3.08. The Balaban J connectivity index is 1.69. The lowest BCUT2D eigenvalue weighted by molar-refractivity contribution is 0.102. The third kappa shape index (κ3) is 4.76. The van der Waals surface area contributed by atoms with Crippen molar-refractivity contribution in [1.82, 2.24) is 9.36 Å². The maximum atomic E-state index is 13.5. The Kier molecular flexibility index (Phi) is 6.86. The Morgan fingerprint density at radius 1 is 0.971 bits per heavy atom. The highest BCUT2D eigenvalue weighted by Gasteiger charge is 2.29. The molecular formula is C25H23IN4O4S. The predicted molar refractivity (Wildman–Crippen MR) is 145 cm³/mol. The number of amides is 1. The fourth-order valence-corrected chi connectivity index (χ4v) is 5.38. The van der Waals surface area contributed by atoms with E-state index in [9.17, 15) is 18.0 Å². The fourth-order valence-electron chi connectivity index (χ4n) is 3.73. The number of para-hydroxylation sites is 1. The molecule has 3 aromatic carbocycles. The van der Waals surface area contributed by atoms with Crippen LogP contribution in [0.5, 0.6) is 0 Å². The molecule has 0 aliphatic heterocycles. The van der Waals surface area contributed by atoms with Crippen LogP contribution < -0.4 is 15.2 Å². The number of anilines is 2. The van der Waals surface area contributed by atoms with Gasteiger partial charge in [0.15, 0.2) is 0 Å². The van der Waals surface area contributed by atoms with Crippen LogP contribution in [-0.2, 0) is 17.1 Å². The molecule has 0 bridgehead atoms. The van der Waals surface area contributed by atoms with E-state index >= 15 is 0 Å². The zero-order valence-corrected chi connectivity index (χ0v) is 22.2. The first kappa shape index (κ1) is 24.7. The second-order valence-corrected chi connectivity index (χ2v) is 11.1. The smallest absolute Gasteiger partial charge is 0.296 e. The molecule has 0 aliphatic rings. The average molecular weight is 602 g/mol. The Morgan fingerprint density at radius 2 is 1.63 bits per heavy atom. The summed E-state index contributed by atoms with van der Waals surface area (Å²) in [5.74, 6) is -0.437. The van der Waals surface area contributed by atoms with Gasteiger partial charge in [-0.25, -0.2) is 13.1 Å². The largest absolute Gasteiger partial charge is 0.322 e. The Labute approximate surface area is 217 Å². The number of carbonyl (C=O) groups excluding carboxylic acids is 1. The van der Waals surface area contributed by atoms with Crippen LogP contribution in [-0.4, -0.2) is 30.7 Å². The molecule has 1 heterocycles. The van der Waals surface area contributed by atoms with Crippen molar-refractivity contribution in [2.24, 2.45) is 7.05 Å². The van der Waals surface area contributed by atoms with Gasteiger partial charge in [0.2, 0.25) is 0 Å². The van der Waals surface area contributed by atoms with Crippen molar-refractivity contribution in [3.63, 3.8) is 0 Å². The van der Waals surface area contributed by atoms with Gasteiger partial charge in [0, 0.05) is 28.9 Å². The summed E-state index contributed by atoms with van der Waals surface area (Å²) in [4.78, 5) is 26.0. The molecule has 4 aromatic rings. The molecule has 0 saturated carbocycles. The van der Waals surface area contributed by atoms with Gasteiger partial charge in [0.05, 0.1) is 16.3 Å². The normalized spacial score (nSPS) is 11.3. The molecule has 180 valence electrons. The van der Waals surface area contributed by atoms with Gasteiger partial charge in [-0.2, -0.15) is 0 Å². The summed E-state index contributed by atoms with van der Waals surface area (Å²) in [5.41, 5.74) is 1.46. The first-order valence-electron chi connectivity index (χ1n) is 10.6. The summed E-state index contributed by atoms with van der Waals surface area (Å²) in [5, 5.41) is 2.76. The van der Waals surface area contributed by atoms with Crippen LogP contribution >= 0.6 is 22.6 Å². The van der Waals surface area contributed by atoms with Crippen molar-refractivity contribution in [2.75, 3.05) is 16.7 Å². The third-order valence-corrected chi connectivity index (χ3v) is 8.17. The van der Waals surface area contributed by atoms with Crippen LogP contribution in [0, 0.1) is 10.5 Å². The van der Waals surface area contributed by atoms with Gasteiger partial charge in [0.25, 0.3) is 21.5 Å². The first-order chi connectivity index (χ1) is 16.6. The van der Waals surface area contributed by atoms with Gasteiger partial charge < -0.3 is 5.32 Å². The highest BCUT2D eigenvalue weighted by atomic mass is 127. The first-order valence-corrected chi connectivity index (χ1v) is 13.1. The van der Waals surface area contributed by atoms with Gasteiger partial charge in [0.1, 0.15) is 5.69 Å². The van der Waals surface area contributed by atoms with Gasteiger partial charge in [-0.3, -0.25) is 18.6 Å². The van der Waals surface area contributed by atoms with Crippen LogP contribution in [0.4, 0.5) is 11.4 Å². The molecule has 0 spiro atoms. The monoisotopic (exact) mass is 602 g/mol. The second-order valence-electron chi connectivity index (χ2n) is 7.87. The van der Waals surface area contributed by atoms with Crippen LogP contribution in [0.3, 0.4) is 0 Å². The quantitative estimate of drug-likeness (QED) is 0.336. The van der Waals surface area contributed by atoms with E-state index < -0.39 is 21.5 Å². The molecule has 4 rings (SSSR count). The second kappa shape index (κ2) is 9.70. The molecule has 0 aliphatic carbocycles. The summed E-state index contributed by atoms with van der Waals surface area (Å²) in [6, 6.07) is 22.0. The zero-order chi connectivity index (χ0) is 25.3. The van der Waals surface area contributed by atoms with E-state index in [0.29, 0.717) is 17.1 Å². The van der Waals surface area contributed by atoms with E-state index in [1.165, 1.54) is 36.0 Å². The molecule has 0 fully saturated rings. The van der Waals surface area contributed by atoms with Crippen LogP contribution in [0.25, 0.3) is 5.69 Å². The summed E-state index contributed by atoms with van der Waals surface area (Å²) in [6.45, 7) is 1.69. The van der Waals surface area contributed by atoms with E-state index in [2.05, 4.69) is 27.9 Å². The molecule has 0 unspecified atom stereocenters. The third-order valence-electron chi connectivity index (χ3n) is 5.70. The molecule has 10 heteroatoms. The molecule has 8 nitrogen and oxygen atoms in total. The number of hydrogen-bond acceptors (Lipinski definition) is 4. The van der Waals surface area contributed by atoms with Crippen LogP contribution in [0.15, 0.2) is 88.6 Å². The molecule has 1 N–H and O–H groups in total. The Morgan fingerprint density at radius 3 is 2.29 bits per heavy atom. The number of aromatic nitrogens is 2. The van der Waals surface area contributed by atoms with Gasteiger partial charge in [-0.15, -0.1) is 0 Å². The summed E-state index contributed by atoms with van der Waals surface area (Å²) < 4.78 is 32.0. The number of sulfonamides is 1. The highest BCUT2D eigenvalue weighted by molar-refractivity contribution is 14.1. The van der Waals surface area contributed by atoms with E-state index in [1.54, 1.807) is 55.1 Å². The summed E-state index contributed by atoms with van der Waals surface area (Å²) >= 11 is 2.17. The van der Waals surface area contributed by atoms with E-state index in [-0.39, 0.29) is 16.1 Å². The molecule has 0 radical (unpaired) electrons. The van der Waals surface area contributed by atoms with Crippen molar-refractivity contribution >= 4 is 49.9 Å². The van der Waals surface area contributed by atoms with Gasteiger partial charge >= 0.3 is 0 Å². The number of nitrogens with zero attached hydrogens (tertiary/aromatic N) is 3. The Hall–Kier alpha value is -3.38. The summed E-state index contributed by atoms with van der Waals surface area (Å²) in [6.07, 6.45) is 0. The molecule has 0 atom stereocenters. The number of benzene rings is 3. The van der Waals surface area contributed by atoms with Crippen LogP contribution in [0.2, 0.25) is 0 Å². The van der Waals surface area contributed by atoms with Crippen LogP contribution in [0.1, 0.15) is 16.1 Å². The van der Waals surface area contributed by atoms with Crippen molar-refractivity contribution in [2.45, 2.75) is 11.8 Å². The fraction of sp³-hybridized carbons (Fsp3) is 0.120. The van der Waals surface area contributed by atoms with Crippen molar-refractivity contribution in [3.8, 4) is 5.69 Å². The lowest BCUT2D eigenvalue weighted by Gasteiger charge is -2.18. The minimum Gasteiger partial charge on any atom is -0.322 e. The van der Waals surface area contributed by atoms with E-state index in [4.69, 9.17) is 0 Å². The maximum Gasteiger partial charge on any atom is 0.296 e. The number of carbonyl (C=O) groups is 1. The molecule has 1 aromatic heterocycles. The number of nitrogens with one attached hydrogen (secondary N) is 1. The summed E-state index contributed by atoms with van der Waals surface area (Å²) in [7, 11) is -1.09. The number of hydrogen-bond donors (Lipinski definition) is 1. The highest BCUT2D eigenvalue weighted by Crippen LogP contribution is 2.25. The van der Waals surface area contributed by atoms with E-state index in [1.807, 2.05) is 18.2 Å². The topological polar surface area (TPSA) is 93.4 Å². The minimum atomic E-state index is -4.13. The predicted octanol–water partition coefficient (Wildman–Crippen LogP) is 4.17. The van der Waals surface area contributed by atoms with E-state index in [0.717, 1.165) is 7.88 Å². The lowest BCUT2D eigenvalue weighted by Crippen LogP contribution is -2.32. The number of rotatable bonds is 6. The van der Waals surface area contributed by atoms with Crippen molar-refractivity contribution < 1.29 is 13.2 Å². The molecular weight excluding hydrogens is 579 g/mol. The number of halogens is 1. The van der Waals surface area contributed by atoms with Crippen molar-refractivity contribution in [3.05, 3.63) is 104 Å². The van der Waals surface area contributed by atoms with Gasteiger partial charge in [-0.05, 0) is 84.1 Å².